The van der Waals surface area contributed by atoms with Crippen molar-refractivity contribution in [2.75, 3.05) is 11.9 Å². The predicted octanol–water partition coefficient (Wildman–Crippen LogP) is 4.44. The summed E-state index contributed by atoms with van der Waals surface area (Å²) in [6.07, 6.45) is 0. The lowest BCUT2D eigenvalue weighted by Crippen LogP contribution is -2.03. The second-order valence-corrected chi connectivity index (χ2v) is 5.15. The quantitative estimate of drug-likeness (QED) is 0.777. The molecule has 0 spiro atoms. The van der Waals surface area contributed by atoms with E-state index in [1.807, 2.05) is 6.92 Å². The molecule has 0 fully saturated rings. The van der Waals surface area contributed by atoms with Crippen molar-refractivity contribution in [3.05, 3.63) is 52.0 Å². The Morgan fingerprint density at radius 3 is 2.71 bits per heavy atom. The van der Waals surface area contributed by atoms with Crippen molar-refractivity contribution in [3.8, 4) is 11.5 Å². The normalized spacial score (nSPS) is 10.5. The molecule has 0 amide bonds. The molecule has 0 radical (unpaired) electrons. The number of anilines is 1. The van der Waals surface area contributed by atoms with Gasteiger partial charge in [-0.15, -0.1) is 0 Å². The van der Waals surface area contributed by atoms with Crippen molar-refractivity contribution in [2.24, 2.45) is 0 Å². The lowest BCUT2D eigenvalue weighted by Gasteiger charge is -2.12. The molecule has 0 heterocycles. The minimum atomic E-state index is -0.580. The van der Waals surface area contributed by atoms with Crippen molar-refractivity contribution in [1.29, 1.82) is 0 Å². The Hall–Kier alpha value is -1.82. The molecule has 0 aliphatic rings. The Bertz CT molecular complexity index is 650. The zero-order valence-electron chi connectivity index (χ0n) is 11.3. The molecule has 21 heavy (non-hydrogen) atoms. The molecule has 0 saturated heterocycles. The zero-order valence-corrected chi connectivity index (χ0v) is 12.9. The van der Waals surface area contributed by atoms with Crippen LogP contribution in [-0.2, 0) is 6.54 Å². The van der Waals surface area contributed by atoms with Gasteiger partial charge in [-0.2, -0.15) is 0 Å². The van der Waals surface area contributed by atoms with Gasteiger partial charge in [0, 0.05) is 18.2 Å². The van der Waals surface area contributed by atoms with Crippen LogP contribution in [0, 0.1) is 11.6 Å². The number of phenols is 1. The summed E-state index contributed by atoms with van der Waals surface area (Å²) >= 11 is 2.92. The third-order valence-electron chi connectivity index (χ3n) is 2.86. The first-order valence-corrected chi connectivity index (χ1v) is 7.14. The van der Waals surface area contributed by atoms with Gasteiger partial charge in [0.15, 0.2) is 11.5 Å². The van der Waals surface area contributed by atoms with Crippen LogP contribution in [0.4, 0.5) is 14.5 Å². The number of rotatable bonds is 5. The van der Waals surface area contributed by atoms with E-state index in [9.17, 15) is 13.9 Å². The molecule has 0 saturated carbocycles. The van der Waals surface area contributed by atoms with Gasteiger partial charge in [-0.25, -0.2) is 8.78 Å². The zero-order chi connectivity index (χ0) is 15.4. The Labute approximate surface area is 129 Å². The summed E-state index contributed by atoms with van der Waals surface area (Å²) < 4.78 is 32.4. The summed E-state index contributed by atoms with van der Waals surface area (Å²) in [5.41, 5.74) is 0.556. The van der Waals surface area contributed by atoms with E-state index in [0.29, 0.717) is 17.9 Å². The van der Waals surface area contributed by atoms with Gasteiger partial charge >= 0.3 is 0 Å². The highest BCUT2D eigenvalue weighted by Gasteiger charge is 2.11. The number of phenolic OH excluding ortho intramolecular Hbond substituents is 1. The van der Waals surface area contributed by atoms with Gasteiger partial charge in [-0.05, 0) is 35.0 Å². The van der Waals surface area contributed by atoms with Gasteiger partial charge in [0.2, 0.25) is 0 Å². The highest BCUT2D eigenvalue weighted by molar-refractivity contribution is 9.10. The molecule has 0 atom stereocenters. The van der Waals surface area contributed by atoms with Crippen LogP contribution in [0.1, 0.15) is 12.5 Å². The topological polar surface area (TPSA) is 41.5 Å². The smallest absolute Gasteiger partial charge is 0.162 e. The van der Waals surface area contributed by atoms with Crippen molar-refractivity contribution in [2.45, 2.75) is 13.5 Å². The maximum atomic E-state index is 13.7. The summed E-state index contributed by atoms with van der Waals surface area (Å²) in [4.78, 5) is 0. The first kappa shape index (κ1) is 15.6. The number of hydrogen-bond donors (Lipinski definition) is 2. The minimum absolute atomic E-state index is 0.00941. The Kier molecular flexibility index (Phi) is 5.01. The number of halogens is 3. The molecular formula is C15H14BrF2NO2. The predicted molar refractivity (Wildman–Crippen MR) is 80.7 cm³/mol. The maximum Gasteiger partial charge on any atom is 0.162 e. The second kappa shape index (κ2) is 6.76. The van der Waals surface area contributed by atoms with Crippen molar-refractivity contribution in [1.82, 2.24) is 0 Å². The fraction of sp³-hybridized carbons (Fsp3) is 0.200. The maximum absolute atomic E-state index is 13.7. The molecule has 6 heteroatoms. The van der Waals surface area contributed by atoms with Crippen LogP contribution in [0.15, 0.2) is 34.8 Å². The fourth-order valence-corrected chi connectivity index (χ4v) is 2.15. The Balaban J connectivity index is 2.17. The number of nitrogens with one attached hydrogen (secondary N) is 1. The standard InChI is InChI=1S/C15H14BrF2NO2/c1-2-21-14-5-3-4-9(15(14)20)8-19-13-7-11(17)10(16)6-12(13)18/h3-7,19-20H,2,8H2,1H3. The van der Waals surface area contributed by atoms with Crippen LogP contribution in [0.3, 0.4) is 0 Å². The summed E-state index contributed by atoms with van der Waals surface area (Å²) in [7, 11) is 0. The van der Waals surface area contributed by atoms with Crippen molar-refractivity contribution in [3.63, 3.8) is 0 Å². The third-order valence-corrected chi connectivity index (χ3v) is 3.47. The molecule has 0 bridgehead atoms. The van der Waals surface area contributed by atoms with Crippen LogP contribution in [0.5, 0.6) is 11.5 Å². The van der Waals surface area contributed by atoms with Gasteiger partial charge in [-0.1, -0.05) is 12.1 Å². The monoisotopic (exact) mass is 357 g/mol. The van der Waals surface area contributed by atoms with E-state index in [1.165, 1.54) is 0 Å². The molecule has 2 aromatic carbocycles. The molecule has 112 valence electrons. The lowest BCUT2D eigenvalue weighted by atomic mass is 10.1. The van der Waals surface area contributed by atoms with E-state index in [4.69, 9.17) is 4.74 Å². The first-order valence-electron chi connectivity index (χ1n) is 6.35. The van der Waals surface area contributed by atoms with Crippen LogP contribution >= 0.6 is 15.9 Å². The second-order valence-electron chi connectivity index (χ2n) is 4.30. The molecule has 0 aliphatic heterocycles. The molecule has 2 rings (SSSR count). The number of aromatic hydroxyl groups is 1. The van der Waals surface area contributed by atoms with E-state index in [1.54, 1.807) is 18.2 Å². The van der Waals surface area contributed by atoms with Crippen molar-refractivity contribution >= 4 is 21.6 Å². The van der Waals surface area contributed by atoms with Crippen LogP contribution < -0.4 is 10.1 Å². The Morgan fingerprint density at radius 1 is 1.24 bits per heavy atom. The SMILES string of the molecule is CCOc1cccc(CNc2cc(F)c(Br)cc2F)c1O. The molecule has 0 unspecified atom stereocenters. The van der Waals surface area contributed by atoms with Crippen molar-refractivity contribution < 1.29 is 18.6 Å². The average Bonchev–Trinajstić information content (AvgIpc) is 2.45. The first-order chi connectivity index (χ1) is 10.0. The van der Waals surface area contributed by atoms with Gasteiger partial charge in [0.1, 0.15) is 11.6 Å². The van der Waals surface area contributed by atoms with Gasteiger partial charge in [0.05, 0.1) is 16.8 Å². The van der Waals surface area contributed by atoms with Gasteiger partial charge in [0.25, 0.3) is 0 Å². The van der Waals surface area contributed by atoms with Crippen LogP contribution in [-0.4, -0.2) is 11.7 Å². The molecule has 0 aromatic heterocycles. The molecule has 3 nitrogen and oxygen atoms in total. The van der Waals surface area contributed by atoms with Gasteiger partial charge in [-0.3, -0.25) is 0 Å². The van der Waals surface area contributed by atoms with E-state index in [-0.39, 0.29) is 22.5 Å². The summed E-state index contributed by atoms with van der Waals surface area (Å²) in [5.74, 6) is -0.793. The van der Waals surface area contributed by atoms with E-state index >= 15 is 0 Å². The minimum Gasteiger partial charge on any atom is -0.504 e. The van der Waals surface area contributed by atoms with E-state index in [2.05, 4.69) is 21.2 Å². The average molecular weight is 358 g/mol. The number of hydrogen-bond acceptors (Lipinski definition) is 3. The third kappa shape index (κ3) is 3.64. The molecule has 2 aromatic rings. The highest BCUT2D eigenvalue weighted by atomic mass is 79.9. The fourth-order valence-electron chi connectivity index (χ4n) is 1.83. The van der Waals surface area contributed by atoms with Crippen LogP contribution in [0.25, 0.3) is 0 Å². The van der Waals surface area contributed by atoms with E-state index in [0.717, 1.165) is 12.1 Å². The molecular weight excluding hydrogens is 344 g/mol. The summed E-state index contributed by atoms with van der Waals surface area (Å²) in [5, 5.41) is 12.8. The molecule has 2 N–H and O–H groups in total. The lowest BCUT2D eigenvalue weighted by molar-refractivity contribution is 0.317. The van der Waals surface area contributed by atoms with E-state index < -0.39 is 11.6 Å². The number of para-hydroxylation sites is 1. The largest absolute Gasteiger partial charge is 0.504 e. The Morgan fingerprint density at radius 2 is 2.00 bits per heavy atom. The van der Waals surface area contributed by atoms with Gasteiger partial charge < -0.3 is 15.2 Å². The summed E-state index contributed by atoms with van der Waals surface area (Å²) in [6.45, 7) is 2.38. The number of benzene rings is 2. The molecule has 0 aliphatic carbocycles. The number of ether oxygens (including phenoxy) is 1. The highest BCUT2D eigenvalue weighted by Crippen LogP contribution is 2.31. The summed E-state index contributed by atoms with van der Waals surface area (Å²) in [6, 6.07) is 7.15. The van der Waals surface area contributed by atoms with Crippen LogP contribution in [0.2, 0.25) is 0 Å².